The number of esters is 1. The number of nitrogens with zero attached hydrogens (tertiary/aromatic N) is 2. The molecule has 1 aromatic rings. The van der Waals surface area contributed by atoms with Gasteiger partial charge >= 0.3 is 5.97 Å². The highest BCUT2D eigenvalue weighted by molar-refractivity contribution is 6.32. The Balaban J connectivity index is 2.01. The summed E-state index contributed by atoms with van der Waals surface area (Å²) in [5, 5.41) is 7.33. The van der Waals surface area contributed by atoms with Crippen LogP contribution in [0.5, 0.6) is 0 Å². The van der Waals surface area contributed by atoms with E-state index in [1.165, 1.54) is 0 Å². The number of nitrogens with one attached hydrogen (secondary N) is 1. The summed E-state index contributed by atoms with van der Waals surface area (Å²) in [5.74, 6) is -0.883. The molecule has 1 fully saturated rings. The summed E-state index contributed by atoms with van der Waals surface area (Å²) < 4.78 is 6.82. The molecule has 0 aromatic carbocycles. The summed E-state index contributed by atoms with van der Waals surface area (Å²) in [4.78, 5) is 24.1. The Labute approximate surface area is 135 Å². The third kappa shape index (κ3) is 4.00. The van der Waals surface area contributed by atoms with Crippen molar-refractivity contribution in [1.82, 2.24) is 15.1 Å². The topological polar surface area (TPSA) is 73.2 Å². The minimum atomic E-state index is -0.845. The third-order valence-corrected chi connectivity index (χ3v) is 3.95. The molecule has 0 unspecified atom stereocenters. The molecule has 1 aliphatic carbocycles. The number of hydrogen-bond acceptors (Lipinski definition) is 4. The summed E-state index contributed by atoms with van der Waals surface area (Å²) in [6, 6.07) is 0.232. The van der Waals surface area contributed by atoms with Crippen LogP contribution in [0.25, 0.3) is 0 Å². The highest BCUT2D eigenvalue weighted by Crippen LogP contribution is 2.22. The summed E-state index contributed by atoms with van der Waals surface area (Å²) >= 11 is 6.22. The molecule has 1 aromatic heterocycles. The quantitative estimate of drug-likeness (QED) is 0.781. The van der Waals surface area contributed by atoms with E-state index in [1.54, 1.807) is 18.5 Å². The molecule has 0 bridgehead atoms. The van der Waals surface area contributed by atoms with E-state index < -0.39 is 12.1 Å². The van der Waals surface area contributed by atoms with Crippen LogP contribution in [0.3, 0.4) is 0 Å². The Hall–Kier alpha value is -1.56. The summed E-state index contributed by atoms with van der Waals surface area (Å²) in [6.07, 6.45) is 3.06. The second kappa shape index (κ2) is 7.13. The van der Waals surface area contributed by atoms with Crippen molar-refractivity contribution in [2.24, 2.45) is 0 Å². The fourth-order valence-corrected chi connectivity index (χ4v) is 2.40. The molecule has 0 radical (unpaired) electrons. The minimum absolute atomic E-state index is 0.232. The first-order valence-electron chi connectivity index (χ1n) is 7.68. The third-order valence-electron chi connectivity index (χ3n) is 3.57. The number of halogens is 1. The van der Waals surface area contributed by atoms with E-state index >= 15 is 0 Å². The molecule has 22 heavy (non-hydrogen) atoms. The Morgan fingerprint density at radius 1 is 1.50 bits per heavy atom. The van der Waals surface area contributed by atoms with Gasteiger partial charge in [-0.2, -0.15) is 5.10 Å². The van der Waals surface area contributed by atoms with E-state index in [0.29, 0.717) is 12.2 Å². The highest BCUT2D eigenvalue weighted by atomic mass is 35.5. The summed E-state index contributed by atoms with van der Waals surface area (Å²) in [5.41, 5.74) is 0.754. The largest absolute Gasteiger partial charge is 0.449 e. The number of carbonyl (C=O) groups is 2. The molecule has 1 aliphatic rings. The lowest BCUT2D eigenvalue weighted by molar-refractivity contribution is -0.129. The standard InChI is InChI=1S/C15H22ClN3O3/c1-4-5-8-19-13(16)12(9(2)18-19)15(21)22-10(3)14(20)17-11-6-7-11/h10-11H,4-8H2,1-3H3,(H,17,20)/t10-/m0/s1. The molecular weight excluding hydrogens is 306 g/mol. The molecular formula is C15H22ClN3O3. The van der Waals surface area contributed by atoms with Gasteiger partial charge in [-0.3, -0.25) is 9.48 Å². The van der Waals surface area contributed by atoms with Gasteiger partial charge in [0.05, 0.1) is 5.69 Å². The van der Waals surface area contributed by atoms with Gasteiger partial charge in [0.2, 0.25) is 0 Å². The lowest BCUT2D eigenvalue weighted by atomic mass is 10.2. The van der Waals surface area contributed by atoms with Crippen molar-refractivity contribution >= 4 is 23.5 Å². The van der Waals surface area contributed by atoms with Gasteiger partial charge in [0.15, 0.2) is 6.10 Å². The van der Waals surface area contributed by atoms with Gasteiger partial charge in [-0.1, -0.05) is 24.9 Å². The zero-order chi connectivity index (χ0) is 16.3. The molecule has 7 heteroatoms. The Kier molecular flexibility index (Phi) is 5.45. The van der Waals surface area contributed by atoms with Crippen LogP contribution in [0.2, 0.25) is 5.15 Å². The first kappa shape index (κ1) is 16.8. The smallest absolute Gasteiger partial charge is 0.343 e. The number of aryl methyl sites for hydroxylation is 2. The molecule has 1 heterocycles. The van der Waals surface area contributed by atoms with E-state index in [0.717, 1.165) is 25.7 Å². The number of hydrogen-bond donors (Lipinski definition) is 1. The number of unbranched alkanes of at least 4 members (excludes halogenated alkanes) is 1. The maximum atomic E-state index is 12.2. The van der Waals surface area contributed by atoms with Crippen LogP contribution in [-0.4, -0.2) is 33.8 Å². The van der Waals surface area contributed by atoms with Crippen molar-refractivity contribution in [3.63, 3.8) is 0 Å². The van der Waals surface area contributed by atoms with Crippen molar-refractivity contribution in [2.75, 3.05) is 0 Å². The maximum absolute atomic E-state index is 12.2. The van der Waals surface area contributed by atoms with Gasteiger partial charge in [-0.25, -0.2) is 4.79 Å². The van der Waals surface area contributed by atoms with Crippen LogP contribution >= 0.6 is 11.6 Å². The average molecular weight is 328 g/mol. The number of aromatic nitrogens is 2. The predicted molar refractivity (Wildman–Crippen MR) is 82.9 cm³/mol. The molecule has 1 saturated carbocycles. The van der Waals surface area contributed by atoms with Crippen molar-refractivity contribution in [2.45, 2.75) is 65.1 Å². The zero-order valence-electron chi connectivity index (χ0n) is 13.2. The Bertz CT molecular complexity index is 567. The van der Waals surface area contributed by atoms with Crippen LogP contribution in [-0.2, 0) is 16.1 Å². The normalized spacial score (nSPS) is 15.5. The lowest BCUT2D eigenvalue weighted by Crippen LogP contribution is -2.37. The molecule has 0 spiro atoms. The fraction of sp³-hybridized carbons (Fsp3) is 0.667. The monoisotopic (exact) mass is 327 g/mol. The SMILES string of the molecule is CCCCn1nc(C)c(C(=O)O[C@@H](C)C(=O)NC2CC2)c1Cl. The minimum Gasteiger partial charge on any atom is -0.449 e. The second-order valence-corrected chi connectivity index (χ2v) is 6.02. The molecule has 1 amide bonds. The zero-order valence-corrected chi connectivity index (χ0v) is 13.9. The molecule has 122 valence electrons. The number of carbonyl (C=O) groups excluding carboxylic acids is 2. The molecule has 6 nitrogen and oxygen atoms in total. The van der Waals surface area contributed by atoms with E-state index in [9.17, 15) is 9.59 Å². The first-order valence-corrected chi connectivity index (χ1v) is 8.06. The summed E-state index contributed by atoms with van der Waals surface area (Å²) in [7, 11) is 0. The van der Waals surface area contributed by atoms with Gasteiger partial charge in [-0.15, -0.1) is 0 Å². The molecule has 0 aliphatic heterocycles. The fourth-order valence-electron chi connectivity index (χ4n) is 2.06. The maximum Gasteiger partial charge on any atom is 0.343 e. The van der Waals surface area contributed by atoms with E-state index in [1.807, 2.05) is 0 Å². The van der Waals surface area contributed by atoms with Crippen molar-refractivity contribution in [3.8, 4) is 0 Å². The van der Waals surface area contributed by atoms with Crippen molar-refractivity contribution in [1.29, 1.82) is 0 Å². The first-order chi connectivity index (χ1) is 10.4. The number of amides is 1. The molecule has 0 saturated heterocycles. The van der Waals surface area contributed by atoms with Crippen LogP contribution in [0.15, 0.2) is 0 Å². The van der Waals surface area contributed by atoms with Gasteiger partial charge in [0, 0.05) is 12.6 Å². The Morgan fingerprint density at radius 2 is 2.18 bits per heavy atom. The molecule has 1 N–H and O–H groups in total. The number of rotatable bonds is 7. The van der Waals surface area contributed by atoms with Crippen LogP contribution in [0.4, 0.5) is 0 Å². The summed E-state index contributed by atoms with van der Waals surface area (Å²) in [6.45, 7) is 5.99. The van der Waals surface area contributed by atoms with Crippen molar-refractivity contribution < 1.29 is 14.3 Å². The second-order valence-electron chi connectivity index (χ2n) is 5.66. The highest BCUT2D eigenvalue weighted by Gasteiger charge is 2.29. The lowest BCUT2D eigenvalue weighted by Gasteiger charge is -2.13. The van der Waals surface area contributed by atoms with Crippen LogP contribution in [0.1, 0.15) is 55.6 Å². The van der Waals surface area contributed by atoms with Crippen LogP contribution in [0, 0.1) is 6.92 Å². The Morgan fingerprint density at radius 3 is 2.77 bits per heavy atom. The van der Waals surface area contributed by atoms with Crippen LogP contribution < -0.4 is 5.32 Å². The van der Waals surface area contributed by atoms with E-state index in [2.05, 4.69) is 17.3 Å². The van der Waals surface area contributed by atoms with E-state index in [-0.39, 0.29) is 22.7 Å². The number of ether oxygens (including phenoxy) is 1. The van der Waals surface area contributed by atoms with Gasteiger partial charge < -0.3 is 10.1 Å². The van der Waals surface area contributed by atoms with Gasteiger partial charge in [0.1, 0.15) is 10.7 Å². The molecule has 2 rings (SSSR count). The van der Waals surface area contributed by atoms with Gasteiger partial charge in [-0.05, 0) is 33.1 Å². The average Bonchev–Trinajstić information content (AvgIpc) is 3.22. The molecule has 1 atom stereocenters. The van der Waals surface area contributed by atoms with Gasteiger partial charge in [0.25, 0.3) is 5.91 Å². The van der Waals surface area contributed by atoms with Crippen molar-refractivity contribution in [3.05, 3.63) is 16.4 Å². The van der Waals surface area contributed by atoms with E-state index in [4.69, 9.17) is 16.3 Å². The predicted octanol–water partition coefficient (Wildman–Crippen LogP) is 2.47.